The van der Waals surface area contributed by atoms with E-state index in [0.29, 0.717) is 0 Å². The van der Waals surface area contributed by atoms with Crippen molar-refractivity contribution in [1.82, 2.24) is 4.72 Å². The Hall–Kier alpha value is -2.16. The first-order valence-electron chi connectivity index (χ1n) is 7.72. The van der Waals surface area contributed by atoms with Gasteiger partial charge in [0.2, 0.25) is 10.0 Å². The monoisotopic (exact) mass is 378 g/mol. The summed E-state index contributed by atoms with van der Waals surface area (Å²) in [6, 6.07) is 14.7. The predicted octanol–water partition coefficient (Wildman–Crippen LogP) is 2.54. The Balaban J connectivity index is 1.76. The van der Waals surface area contributed by atoms with Crippen LogP contribution in [0.2, 0.25) is 0 Å². The van der Waals surface area contributed by atoms with Crippen LogP contribution in [-0.2, 0) is 20.0 Å². The maximum Gasteiger partial charge on any atom is 0.255 e. The summed E-state index contributed by atoms with van der Waals surface area (Å²) in [6.07, 6.45) is 3.13. The Morgan fingerprint density at radius 3 is 2.32 bits per heavy atom. The molecule has 0 saturated heterocycles. The highest BCUT2D eigenvalue weighted by atomic mass is 32.2. The van der Waals surface area contributed by atoms with E-state index in [1.165, 1.54) is 30.3 Å². The van der Waals surface area contributed by atoms with Gasteiger partial charge in [-0.25, -0.2) is 21.6 Å². The molecule has 1 fully saturated rings. The predicted molar refractivity (Wildman–Crippen MR) is 97.8 cm³/mol. The van der Waals surface area contributed by atoms with Crippen LogP contribution in [-0.4, -0.2) is 22.9 Å². The van der Waals surface area contributed by atoms with Crippen LogP contribution in [0.5, 0.6) is 0 Å². The summed E-state index contributed by atoms with van der Waals surface area (Å²) >= 11 is 0. The maximum atomic E-state index is 12.2. The number of anilines is 1. The van der Waals surface area contributed by atoms with Crippen LogP contribution in [0.3, 0.4) is 0 Å². The Labute approximate surface area is 147 Å². The second-order valence-electron chi connectivity index (χ2n) is 5.78. The SMILES string of the molecule is O=S(=O)(/C=C/c1ccccc1)Nc1cccc(S(=O)(=O)NC2CC2)c1. The minimum absolute atomic E-state index is 0.0147. The van der Waals surface area contributed by atoms with Gasteiger partial charge in [-0.2, -0.15) is 0 Å². The molecule has 2 aromatic rings. The van der Waals surface area contributed by atoms with Crippen LogP contribution in [0, 0.1) is 0 Å². The lowest BCUT2D eigenvalue weighted by molar-refractivity contribution is 0.581. The second-order valence-corrected chi connectivity index (χ2v) is 9.06. The highest BCUT2D eigenvalue weighted by molar-refractivity contribution is 7.95. The molecule has 132 valence electrons. The first-order chi connectivity index (χ1) is 11.8. The third kappa shape index (κ3) is 5.15. The fraction of sp³-hybridized carbons (Fsp3) is 0.176. The summed E-state index contributed by atoms with van der Waals surface area (Å²) in [7, 11) is -7.38. The third-order valence-corrected chi connectivity index (χ3v) is 6.08. The molecule has 0 spiro atoms. The number of nitrogens with one attached hydrogen (secondary N) is 2. The molecule has 6 nitrogen and oxygen atoms in total. The average molecular weight is 378 g/mol. The van der Waals surface area contributed by atoms with Gasteiger partial charge in [-0.05, 0) is 42.7 Å². The lowest BCUT2D eigenvalue weighted by atomic mass is 10.2. The Bertz CT molecular complexity index is 980. The minimum Gasteiger partial charge on any atom is -0.280 e. The number of sulfonamides is 2. The largest absolute Gasteiger partial charge is 0.280 e. The minimum atomic E-state index is -3.75. The molecule has 0 aliphatic heterocycles. The van der Waals surface area contributed by atoms with Crippen LogP contribution >= 0.6 is 0 Å². The van der Waals surface area contributed by atoms with Crippen molar-refractivity contribution >= 4 is 31.8 Å². The van der Waals surface area contributed by atoms with Gasteiger partial charge in [0.25, 0.3) is 10.0 Å². The number of rotatable bonds is 7. The normalized spacial score (nSPS) is 15.4. The summed E-state index contributed by atoms with van der Waals surface area (Å²) in [6.45, 7) is 0. The molecule has 2 aromatic carbocycles. The molecule has 0 radical (unpaired) electrons. The van der Waals surface area contributed by atoms with Crippen molar-refractivity contribution < 1.29 is 16.8 Å². The van der Waals surface area contributed by atoms with Crippen LogP contribution < -0.4 is 9.44 Å². The fourth-order valence-electron chi connectivity index (χ4n) is 2.15. The van der Waals surface area contributed by atoms with Gasteiger partial charge >= 0.3 is 0 Å². The first-order valence-corrected chi connectivity index (χ1v) is 10.8. The summed E-state index contributed by atoms with van der Waals surface area (Å²) in [5, 5.41) is 1.05. The van der Waals surface area contributed by atoms with Crippen LogP contribution in [0.4, 0.5) is 5.69 Å². The van der Waals surface area contributed by atoms with Crippen molar-refractivity contribution in [3.8, 4) is 0 Å². The average Bonchev–Trinajstić information content (AvgIpc) is 3.37. The standard InChI is InChI=1S/C17H18N2O4S2/c20-24(21,12-11-14-5-2-1-3-6-14)18-16-7-4-8-17(13-16)25(22,23)19-15-9-10-15/h1-8,11-13,15,18-19H,9-10H2/b12-11+. The Morgan fingerprint density at radius 1 is 0.920 bits per heavy atom. The molecular weight excluding hydrogens is 360 g/mol. The van der Waals surface area contributed by atoms with Crippen molar-refractivity contribution in [3.05, 3.63) is 65.6 Å². The molecule has 3 rings (SSSR count). The topological polar surface area (TPSA) is 92.3 Å². The van der Waals surface area contributed by atoms with Crippen molar-refractivity contribution in [3.63, 3.8) is 0 Å². The molecule has 0 aromatic heterocycles. The summed E-state index contributed by atoms with van der Waals surface area (Å²) in [5.41, 5.74) is 0.939. The third-order valence-electron chi connectivity index (χ3n) is 3.54. The van der Waals surface area contributed by atoms with E-state index in [0.717, 1.165) is 23.8 Å². The number of hydrogen-bond acceptors (Lipinski definition) is 4. The van der Waals surface area contributed by atoms with Crippen molar-refractivity contribution in [2.24, 2.45) is 0 Å². The van der Waals surface area contributed by atoms with Gasteiger partial charge in [-0.3, -0.25) is 4.72 Å². The maximum absolute atomic E-state index is 12.2. The number of hydrogen-bond donors (Lipinski definition) is 2. The highest BCUT2D eigenvalue weighted by Gasteiger charge is 2.28. The Kier molecular flexibility index (Phi) is 4.94. The molecule has 0 amide bonds. The second kappa shape index (κ2) is 6.99. The van der Waals surface area contributed by atoms with E-state index in [4.69, 9.17) is 0 Å². The lowest BCUT2D eigenvalue weighted by Gasteiger charge is -2.08. The van der Waals surface area contributed by atoms with Gasteiger partial charge in [0.05, 0.1) is 16.0 Å². The molecule has 1 aliphatic carbocycles. The van der Waals surface area contributed by atoms with E-state index in [9.17, 15) is 16.8 Å². The molecular formula is C17H18N2O4S2. The quantitative estimate of drug-likeness (QED) is 0.774. The van der Waals surface area contributed by atoms with Crippen molar-refractivity contribution in [2.75, 3.05) is 4.72 Å². The van der Waals surface area contributed by atoms with Gasteiger partial charge < -0.3 is 0 Å². The van der Waals surface area contributed by atoms with E-state index in [1.807, 2.05) is 6.07 Å². The van der Waals surface area contributed by atoms with Crippen LogP contribution in [0.25, 0.3) is 6.08 Å². The van der Waals surface area contributed by atoms with Crippen LogP contribution in [0.15, 0.2) is 64.9 Å². The van der Waals surface area contributed by atoms with Crippen molar-refractivity contribution in [1.29, 1.82) is 0 Å². The first kappa shape index (κ1) is 17.7. The Morgan fingerprint density at radius 2 is 1.64 bits per heavy atom. The zero-order valence-electron chi connectivity index (χ0n) is 13.3. The summed E-state index contributed by atoms with van der Waals surface area (Å²) in [4.78, 5) is 0.0339. The lowest BCUT2D eigenvalue weighted by Crippen LogP contribution is -2.25. The molecule has 0 atom stereocenters. The van der Waals surface area contributed by atoms with E-state index >= 15 is 0 Å². The molecule has 2 N–H and O–H groups in total. The molecule has 1 aliphatic rings. The van der Waals surface area contributed by atoms with Crippen molar-refractivity contribution in [2.45, 2.75) is 23.8 Å². The zero-order valence-corrected chi connectivity index (χ0v) is 14.9. The zero-order chi connectivity index (χ0) is 17.9. The highest BCUT2D eigenvalue weighted by Crippen LogP contribution is 2.23. The van der Waals surface area contributed by atoms with E-state index in [2.05, 4.69) is 9.44 Å². The van der Waals surface area contributed by atoms with E-state index < -0.39 is 20.0 Å². The van der Waals surface area contributed by atoms with Crippen LogP contribution in [0.1, 0.15) is 18.4 Å². The summed E-state index contributed by atoms with van der Waals surface area (Å²) in [5.74, 6) is 0. The molecule has 1 saturated carbocycles. The fourth-order valence-corrected chi connectivity index (χ4v) is 4.36. The molecule has 0 bridgehead atoms. The van der Waals surface area contributed by atoms with E-state index in [1.54, 1.807) is 24.3 Å². The smallest absolute Gasteiger partial charge is 0.255 e. The van der Waals surface area contributed by atoms with Gasteiger partial charge in [-0.1, -0.05) is 36.4 Å². The van der Waals surface area contributed by atoms with Gasteiger partial charge in [0.1, 0.15) is 0 Å². The number of benzene rings is 2. The summed E-state index contributed by atoms with van der Waals surface area (Å²) < 4.78 is 53.7. The molecule has 25 heavy (non-hydrogen) atoms. The van der Waals surface area contributed by atoms with Gasteiger partial charge in [0.15, 0.2) is 0 Å². The molecule has 0 heterocycles. The van der Waals surface area contributed by atoms with Gasteiger partial charge in [0, 0.05) is 6.04 Å². The van der Waals surface area contributed by atoms with Gasteiger partial charge in [-0.15, -0.1) is 0 Å². The molecule has 8 heteroatoms. The molecule has 0 unspecified atom stereocenters. The van der Waals surface area contributed by atoms with E-state index in [-0.39, 0.29) is 16.6 Å².